The Bertz CT molecular complexity index is 807. The Morgan fingerprint density at radius 2 is 0.885 bits per heavy atom. The summed E-state index contributed by atoms with van der Waals surface area (Å²) in [6, 6.07) is 0. The largest absolute Gasteiger partial charge is 0.472 e. The molecule has 52 heavy (non-hydrogen) atoms. The molecule has 0 aromatic rings. The Hall–Kier alpha value is -0.500. The predicted molar refractivity (Wildman–Crippen MR) is 220 cm³/mol. The molecule has 8 nitrogen and oxygen atoms in total. The van der Waals surface area contributed by atoms with E-state index in [9.17, 15) is 14.3 Å². The van der Waals surface area contributed by atoms with Crippen molar-refractivity contribution in [2.24, 2.45) is 0 Å². The van der Waals surface area contributed by atoms with Gasteiger partial charge in [0.05, 0.1) is 34.4 Å². The molecular formula is C43H89NO7P+. The highest BCUT2D eigenvalue weighted by Crippen LogP contribution is 2.43. The van der Waals surface area contributed by atoms with Crippen molar-refractivity contribution in [3.8, 4) is 0 Å². The van der Waals surface area contributed by atoms with Gasteiger partial charge in [-0.05, 0) is 12.8 Å². The normalized spacial score (nSPS) is 13.7. The molecular weight excluding hydrogens is 673 g/mol. The van der Waals surface area contributed by atoms with Crippen LogP contribution in [-0.2, 0) is 27.9 Å². The summed E-state index contributed by atoms with van der Waals surface area (Å²) in [6.45, 7) is 5.67. The number of likely N-dealkylation sites (N-methyl/N-ethyl adjacent to an activating group) is 1. The molecule has 0 aromatic carbocycles. The summed E-state index contributed by atoms with van der Waals surface area (Å²) in [7, 11) is 1.68. The van der Waals surface area contributed by atoms with Gasteiger partial charge in [0.25, 0.3) is 0 Å². The van der Waals surface area contributed by atoms with Gasteiger partial charge in [-0.2, -0.15) is 0 Å². The summed E-state index contributed by atoms with van der Waals surface area (Å²) in [5.41, 5.74) is 0. The molecule has 0 aliphatic carbocycles. The molecule has 0 radical (unpaired) electrons. The monoisotopic (exact) mass is 763 g/mol. The summed E-state index contributed by atoms with van der Waals surface area (Å²) in [5, 5.41) is 0. The molecule has 0 saturated heterocycles. The molecule has 0 rings (SSSR count). The van der Waals surface area contributed by atoms with E-state index in [-0.39, 0.29) is 25.8 Å². The summed E-state index contributed by atoms with van der Waals surface area (Å²) in [6.07, 6.45) is 38.4. The van der Waals surface area contributed by atoms with E-state index in [4.69, 9.17) is 18.5 Å². The molecule has 2 unspecified atom stereocenters. The van der Waals surface area contributed by atoms with Crippen molar-refractivity contribution in [3.05, 3.63) is 0 Å². The zero-order valence-corrected chi connectivity index (χ0v) is 36.2. The van der Waals surface area contributed by atoms with Crippen molar-refractivity contribution >= 4 is 13.8 Å². The number of hydrogen-bond acceptors (Lipinski definition) is 6. The van der Waals surface area contributed by atoms with Gasteiger partial charge in [0.1, 0.15) is 19.3 Å². The Kier molecular flexibility index (Phi) is 37.1. The fraction of sp³-hybridized carbons (Fsp3) is 0.977. The van der Waals surface area contributed by atoms with E-state index < -0.39 is 13.9 Å². The number of ether oxygens (including phenoxy) is 2. The first kappa shape index (κ1) is 51.5. The Labute approximate surface area is 323 Å². The summed E-state index contributed by atoms with van der Waals surface area (Å²) in [5.74, 6) is -0.308. The van der Waals surface area contributed by atoms with Crippen LogP contribution >= 0.6 is 7.82 Å². The number of phosphoric acid groups is 1. The quantitative estimate of drug-likeness (QED) is 0.0286. The van der Waals surface area contributed by atoms with Gasteiger partial charge in [-0.3, -0.25) is 13.8 Å². The minimum atomic E-state index is -4.26. The van der Waals surface area contributed by atoms with Crippen LogP contribution in [-0.4, -0.2) is 75.6 Å². The average molecular weight is 763 g/mol. The third-order valence-corrected chi connectivity index (χ3v) is 10.9. The van der Waals surface area contributed by atoms with Crippen molar-refractivity contribution < 1.29 is 37.3 Å². The Morgan fingerprint density at radius 1 is 0.519 bits per heavy atom. The maximum absolute atomic E-state index is 12.7. The summed E-state index contributed by atoms with van der Waals surface area (Å²) in [4.78, 5) is 22.9. The molecule has 0 fully saturated rings. The van der Waals surface area contributed by atoms with Gasteiger partial charge in [0.2, 0.25) is 0 Å². The molecule has 0 bridgehead atoms. The van der Waals surface area contributed by atoms with Crippen LogP contribution in [0.2, 0.25) is 0 Å². The summed E-state index contributed by atoms with van der Waals surface area (Å²) < 4.78 is 35.0. The van der Waals surface area contributed by atoms with Crippen LogP contribution < -0.4 is 0 Å². The molecule has 0 heterocycles. The van der Waals surface area contributed by atoms with Crippen LogP contribution in [0.1, 0.15) is 213 Å². The molecule has 0 aliphatic rings. The first-order valence-corrected chi connectivity index (χ1v) is 23.8. The average Bonchev–Trinajstić information content (AvgIpc) is 3.09. The molecule has 2 atom stereocenters. The topological polar surface area (TPSA) is 91.3 Å². The number of quaternary nitrogens is 1. The van der Waals surface area contributed by atoms with E-state index in [0.29, 0.717) is 24.1 Å². The zero-order chi connectivity index (χ0) is 38.4. The first-order valence-electron chi connectivity index (χ1n) is 22.3. The minimum Gasteiger partial charge on any atom is -0.457 e. The Balaban J connectivity index is 4.12. The second kappa shape index (κ2) is 37.4. The number of hydrogen-bond donors (Lipinski definition) is 1. The van der Waals surface area contributed by atoms with Crippen molar-refractivity contribution in [2.75, 3.05) is 54.1 Å². The zero-order valence-electron chi connectivity index (χ0n) is 35.3. The fourth-order valence-electron chi connectivity index (χ4n) is 6.44. The van der Waals surface area contributed by atoms with Crippen molar-refractivity contribution in [3.63, 3.8) is 0 Å². The third-order valence-electron chi connectivity index (χ3n) is 9.92. The van der Waals surface area contributed by atoms with E-state index in [1.54, 1.807) is 0 Å². The second-order valence-electron chi connectivity index (χ2n) is 16.4. The summed E-state index contributed by atoms with van der Waals surface area (Å²) >= 11 is 0. The number of phosphoric ester groups is 1. The van der Waals surface area contributed by atoms with Crippen LogP contribution in [0, 0.1) is 0 Å². The Morgan fingerprint density at radius 3 is 1.27 bits per heavy atom. The number of carbonyl (C=O) groups excluding carboxylic acids is 1. The molecule has 0 saturated carbocycles. The second-order valence-corrected chi connectivity index (χ2v) is 17.9. The number of rotatable bonds is 42. The predicted octanol–water partition coefficient (Wildman–Crippen LogP) is 12.9. The number of nitrogens with zero attached hydrogens (tertiary/aromatic N) is 1. The lowest BCUT2D eigenvalue weighted by Crippen LogP contribution is -2.37. The highest BCUT2D eigenvalue weighted by Gasteiger charge is 2.26. The van der Waals surface area contributed by atoms with Gasteiger partial charge in [-0.15, -0.1) is 0 Å². The van der Waals surface area contributed by atoms with Crippen molar-refractivity contribution in [1.29, 1.82) is 0 Å². The third kappa shape index (κ3) is 40.7. The lowest BCUT2D eigenvalue weighted by molar-refractivity contribution is -0.870. The van der Waals surface area contributed by atoms with Gasteiger partial charge in [0.15, 0.2) is 0 Å². The van der Waals surface area contributed by atoms with Crippen LogP contribution in [0.15, 0.2) is 0 Å². The highest BCUT2D eigenvalue weighted by atomic mass is 31.2. The van der Waals surface area contributed by atoms with Crippen LogP contribution in [0.3, 0.4) is 0 Å². The van der Waals surface area contributed by atoms with E-state index in [0.717, 1.165) is 32.1 Å². The smallest absolute Gasteiger partial charge is 0.457 e. The SMILES string of the molecule is CCCCCCCCCCCCCCCCCCCCCC(=O)OC(COCCCCCCCCCCCCC)COP(=O)(O)OCC[N+](C)(C)C. The van der Waals surface area contributed by atoms with Gasteiger partial charge in [-0.1, -0.05) is 194 Å². The molecule has 0 amide bonds. The van der Waals surface area contributed by atoms with Crippen LogP contribution in [0.4, 0.5) is 0 Å². The van der Waals surface area contributed by atoms with Gasteiger partial charge in [-0.25, -0.2) is 4.57 Å². The molecule has 0 aromatic heterocycles. The molecule has 312 valence electrons. The molecule has 0 spiro atoms. The molecule has 1 N–H and O–H groups in total. The fourth-order valence-corrected chi connectivity index (χ4v) is 7.18. The standard InChI is InChI=1S/C43H88NO7P/c1-6-8-10-12-14-16-18-19-20-21-22-23-24-25-26-28-30-32-34-36-43(45)51-42(41-50-52(46,47)49-39-37-44(3,4)5)40-48-38-35-33-31-29-27-17-15-13-11-9-7-2/h42H,6-41H2,1-5H3/p+1. The minimum absolute atomic E-state index is 0.0937. The highest BCUT2D eigenvalue weighted by molar-refractivity contribution is 7.47. The molecule has 9 heteroatoms. The maximum Gasteiger partial charge on any atom is 0.472 e. The number of carbonyl (C=O) groups is 1. The van der Waals surface area contributed by atoms with E-state index >= 15 is 0 Å². The van der Waals surface area contributed by atoms with Gasteiger partial charge < -0.3 is 18.9 Å². The molecule has 0 aliphatic heterocycles. The van der Waals surface area contributed by atoms with E-state index in [1.165, 1.54) is 161 Å². The van der Waals surface area contributed by atoms with Crippen molar-refractivity contribution in [2.45, 2.75) is 219 Å². The van der Waals surface area contributed by atoms with Gasteiger partial charge >= 0.3 is 13.8 Å². The lowest BCUT2D eigenvalue weighted by Gasteiger charge is -2.24. The lowest BCUT2D eigenvalue weighted by atomic mass is 10.0. The van der Waals surface area contributed by atoms with Crippen LogP contribution in [0.5, 0.6) is 0 Å². The van der Waals surface area contributed by atoms with E-state index in [1.807, 2.05) is 21.1 Å². The van der Waals surface area contributed by atoms with Crippen molar-refractivity contribution in [1.82, 2.24) is 0 Å². The van der Waals surface area contributed by atoms with Crippen LogP contribution in [0.25, 0.3) is 0 Å². The van der Waals surface area contributed by atoms with Gasteiger partial charge in [0, 0.05) is 13.0 Å². The number of unbranched alkanes of at least 4 members (excludes halogenated alkanes) is 28. The first-order chi connectivity index (χ1) is 25.1. The number of esters is 1. The van der Waals surface area contributed by atoms with E-state index in [2.05, 4.69) is 13.8 Å². The maximum atomic E-state index is 12.7.